The van der Waals surface area contributed by atoms with Gasteiger partial charge < -0.3 is 9.32 Å². The maximum Gasteiger partial charge on any atom is 0.433 e. The molecule has 0 unspecified atom stereocenters. The van der Waals surface area contributed by atoms with Crippen molar-refractivity contribution in [2.45, 2.75) is 0 Å². The van der Waals surface area contributed by atoms with Gasteiger partial charge in [0.1, 0.15) is 4.92 Å². The molecular weight excluding hydrogens is 304 g/mol. The molecule has 0 atom stereocenters. The minimum absolute atomic E-state index is 0.315. The second kappa shape index (κ2) is 5.29. The summed E-state index contributed by atoms with van der Waals surface area (Å²) >= 11 is 1.31. The van der Waals surface area contributed by atoms with Gasteiger partial charge >= 0.3 is 5.88 Å². The predicted octanol–water partition coefficient (Wildman–Crippen LogP) is 1.27. The molecule has 20 heavy (non-hydrogen) atoms. The molecule has 106 valence electrons. The molecule has 0 aliphatic carbocycles. The van der Waals surface area contributed by atoms with Crippen LogP contribution < -0.4 is 4.90 Å². The highest BCUT2D eigenvalue weighted by Gasteiger charge is 2.21. The van der Waals surface area contributed by atoms with Gasteiger partial charge in [0.25, 0.3) is 0 Å². The average Bonchev–Trinajstić information content (AvgIpc) is 3.08. The van der Waals surface area contributed by atoms with E-state index in [1.807, 2.05) is 4.90 Å². The Morgan fingerprint density at radius 2 is 2.10 bits per heavy atom. The highest BCUT2D eigenvalue weighted by Crippen LogP contribution is 2.32. The fraction of sp³-hybridized carbons (Fsp3) is 0.400. The number of rotatable bonds is 3. The molecule has 0 radical (unpaired) electrons. The molecule has 1 fully saturated rings. The number of nitrogens with zero attached hydrogens (tertiary/aromatic N) is 4. The molecule has 2 aromatic heterocycles. The summed E-state index contributed by atoms with van der Waals surface area (Å²) < 4.78 is 16.4. The van der Waals surface area contributed by atoms with Crippen molar-refractivity contribution in [2.75, 3.05) is 29.5 Å². The van der Waals surface area contributed by atoms with Crippen LogP contribution in [0.1, 0.15) is 0 Å². The van der Waals surface area contributed by atoms with Gasteiger partial charge in [0.05, 0.1) is 6.07 Å². The summed E-state index contributed by atoms with van der Waals surface area (Å²) in [6.07, 6.45) is 0. The number of hydrogen-bond acceptors (Lipinski definition) is 8. The molecule has 0 bridgehead atoms. The van der Waals surface area contributed by atoms with Gasteiger partial charge in [0, 0.05) is 35.4 Å². The maximum absolute atomic E-state index is 11.3. The maximum atomic E-state index is 11.3. The Morgan fingerprint density at radius 3 is 2.75 bits per heavy atom. The molecule has 1 aliphatic heterocycles. The second-order valence-electron chi connectivity index (χ2n) is 4.12. The first kappa shape index (κ1) is 13.2. The number of aromatic nitrogens is 2. The summed E-state index contributed by atoms with van der Waals surface area (Å²) in [7, 11) is -0.745. The first-order valence-corrected chi connectivity index (χ1v) is 8.12. The van der Waals surface area contributed by atoms with Crippen molar-refractivity contribution in [2.24, 2.45) is 0 Å². The minimum atomic E-state index is -0.745. The Morgan fingerprint density at radius 1 is 1.35 bits per heavy atom. The Labute approximate surface area is 120 Å². The van der Waals surface area contributed by atoms with E-state index in [4.69, 9.17) is 4.42 Å². The normalized spacial score (nSPS) is 16.5. The summed E-state index contributed by atoms with van der Waals surface area (Å²) in [5.41, 5.74) is 0. The molecule has 1 saturated heterocycles. The van der Waals surface area contributed by atoms with Gasteiger partial charge in [-0.15, -0.1) is 10.2 Å². The predicted molar refractivity (Wildman–Crippen MR) is 74.4 cm³/mol. The van der Waals surface area contributed by atoms with Crippen molar-refractivity contribution in [3.8, 4) is 10.8 Å². The molecule has 0 saturated carbocycles. The van der Waals surface area contributed by atoms with Crippen LogP contribution in [-0.4, -0.2) is 43.9 Å². The van der Waals surface area contributed by atoms with Crippen molar-refractivity contribution in [1.82, 2.24) is 10.2 Å². The lowest BCUT2D eigenvalue weighted by atomic mass is 10.5. The Bertz CT molecular complexity index is 658. The quantitative estimate of drug-likeness (QED) is 0.621. The van der Waals surface area contributed by atoms with E-state index in [0.29, 0.717) is 35.4 Å². The summed E-state index contributed by atoms with van der Waals surface area (Å²) in [6.45, 7) is 1.36. The molecule has 0 spiro atoms. The van der Waals surface area contributed by atoms with Gasteiger partial charge in [-0.3, -0.25) is 14.3 Å². The zero-order chi connectivity index (χ0) is 14.1. The SMILES string of the molecule is O=[N+]([O-])c1ccc(-c2nnc(N3CCS(=O)CC3)s2)o1. The van der Waals surface area contributed by atoms with Gasteiger partial charge in [-0.2, -0.15) is 0 Å². The standard InChI is InChI=1S/C10H10N4O4S2/c15-14(16)8-2-1-7(18-8)9-11-12-10(19-9)13-3-5-20(17)6-4-13/h1-2H,3-6H2. The molecule has 0 N–H and O–H groups in total. The molecule has 0 aromatic carbocycles. The van der Waals surface area contributed by atoms with Crippen LogP contribution in [0.25, 0.3) is 10.8 Å². The molecular formula is C10H10N4O4S2. The zero-order valence-corrected chi connectivity index (χ0v) is 11.9. The number of furan rings is 1. The Kier molecular flexibility index (Phi) is 3.49. The topological polar surface area (TPSA) is 102 Å². The van der Waals surface area contributed by atoms with Crippen LogP contribution >= 0.6 is 11.3 Å². The highest BCUT2D eigenvalue weighted by molar-refractivity contribution is 7.85. The molecule has 3 rings (SSSR count). The van der Waals surface area contributed by atoms with Gasteiger partial charge in [-0.25, -0.2) is 0 Å². The zero-order valence-electron chi connectivity index (χ0n) is 10.2. The van der Waals surface area contributed by atoms with Gasteiger partial charge in [0.15, 0.2) is 10.8 Å². The summed E-state index contributed by atoms with van der Waals surface area (Å²) in [5.74, 6) is 1.27. The molecule has 8 nitrogen and oxygen atoms in total. The lowest BCUT2D eigenvalue weighted by Gasteiger charge is -2.24. The van der Waals surface area contributed by atoms with Crippen LogP contribution in [0.4, 0.5) is 11.0 Å². The van der Waals surface area contributed by atoms with E-state index in [1.165, 1.54) is 23.5 Å². The molecule has 3 heterocycles. The lowest BCUT2D eigenvalue weighted by Crippen LogP contribution is -2.37. The molecule has 10 heteroatoms. The smallest absolute Gasteiger partial charge is 0.398 e. The third-order valence-electron chi connectivity index (χ3n) is 2.85. The molecule has 2 aromatic rings. The summed E-state index contributed by atoms with van der Waals surface area (Å²) in [6, 6.07) is 2.80. The van der Waals surface area contributed by atoms with E-state index in [1.54, 1.807) is 0 Å². The van der Waals surface area contributed by atoms with Crippen LogP contribution in [0.5, 0.6) is 0 Å². The van der Waals surface area contributed by atoms with E-state index in [2.05, 4.69) is 10.2 Å². The lowest BCUT2D eigenvalue weighted by molar-refractivity contribution is -0.401. The fourth-order valence-electron chi connectivity index (χ4n) is 1.81. The number of nitro groups is 1. The monoisotopic (exact) mass is 314 g/mol. The van der Waals surface area contributed by atoms with E-state index in [9.17, 15) is 14.3 Å². The third kappa shape index (κ3) is 2.56. The average molecular weight is 314 g/mol. The molecule has 1 aliphatic rings. The third-order valence-corrected chi connectivity index (χ3v) is 5.12. The van der Waals surface area contributed by atoms with Crippen molar-refractivity contribution >= 4 is 33.2 Å². The van der Waals surface area contributed by atoms with Crippen molar-refractivity contribution < 1.29 is 13.5 Å². The minimum Gasteiger partial charge on any atom is -0.398 e. The van der Waals surface area contributed by atoms with Crippen LogP contribution in [0.3, 0.4) is 0 Å². The second-order valence-corrected chi connectivity index (χ2v) is 6.77. The van der Waals surface area contributed by atoms with E-state index in [-0.39, 0.29) is 5.88 Å². The Hall–Kier alpha value is -1.81. The van der Waals surface area contributed by atoms with Crippen molar-refractivity contribution in [1.29, 1.82) is 0 Å². The van der Waals surface area contributed by atoms with Crippen molar-refractivity contribution in [3.05, 3.63) is 22.2 Å². The first-order chi connectivity index (χ1) is 9.63. The Balaban J connectivity index is 1.79. The van der Waals surface area contributed by atoms with Crippen LogP contribution in [-0.2, 0) is 10.8 Å². The first-order valence-electron chi connectivity index (χ1n) is 5.81. The van der Waals surface area contributed by atoms with Crippen LogP contribution in [0.15, 0.2) is 16.5 Å². The highest BCUT2D eigenvalue weighted by atomic mass is 32.2. The summed E-state index contributed by atoms with van der Waals surface area (Å²) in [5, 5.41) is 19.8. The van der Waals surface area contributed by atoms with E-state index in [0.717, 1.165) is 5.13 Å². The van der Waals surface area contributed by atoms with E-state index < -0.39 is 15.7 Å². The van der Waals surface area contributed by atoms with Crippen LogP contribution in [0.2, 0.25) is 0 Å². The van der Waals surface area contributed by atoms with Crippen LogP contribution in [0, 0.1) is 10.1 Å². The van der Waals surface area contributed by atoms with E-state index >= 15 is 0 Å². The van der Waals surface area contributed by atoms with Crippen molar-refractivity contribution in [3.63, 3.8) is 0 Å². The fourth-order valence-corrected chi connectivity index (χ4v) is 3.72. The summed E-state index contributed by atoms with van der Waals surface area (Å²) in [4.78, 5) is 12.0. The number of anilines is 1. The number of hydrogen-bond donors (Lipinski definition) is 0. The molecule has 0 amide bonds. The van der Waals surface area contributed by atoms with Gasteiger partial charge in [0.2, 0.25) is 5.13 Å². The van der Waals surface area contributed by atoms with Gasteiger partial charge in [-0.1, -0.05) is 11.3 Å². The largest absolute Gasteiger partial charge is 0.433 e. The van der Waals surface area contributed by atoms with Gasteiger partial charge in [-0.05, 0) is 6.07 Å².